The largest absolute Gasteiger partial charge is 0.490 e. The maximum Gasteiger partial charge on any atom is 0.328 e. The minimum absolute atomic E-state index is 0.354. The molecule has 0 aliphatic rings. The third-order valence-electron chi connectivity index (χ3n) is 3.62. The maximum absolute atomic E-state index is 10.6. The standard InChI is InChI=1S/C22H24O5/c1-3-7-18-8-5-6-9-19(18)26-14-15-27-20-12-10-17(11-13-22(23)24)16-21(20)25-4-2/h3,5-6,8-13,16H,1,4,7,14-15H2,2H3,(H,23,24). The van der Waals surface area contributed by atoms with Crippen molar-refractivity contribution in [3.05, 3.63) is 72.3 Å². The Morgan fingerprint density at radius 2 is 1.78 bits per heavy atom. The number of aliphatic carboxylic acids is 1. The minimum Gasteiger partial charge on any atom is -0.490 e. The van der Waals surface area contributed by atoms with Gasteiger partial charge >= 0.3 is 5.97 Å². The number of hydrogen-bond donors (Lipinski definition) is 1. The maximum atomic E-state index is 10.6. The zero-order valence-corrected chi connectivity index (χ0v) is 15.4. The number of allylic oxidation sites excluding steroid dienone is 1. The molecule has 0 fully saturated rings. The van der Waals surface area contributed by atoms with Gasteiger partial charge in [0.15, 0.2) is 11.5 Å². The minimum atomic E-state index is -0.998. The number of carboxylic acids is 1. The summed E-state index contributed by atoms with van der Waals surface area (Å²) >= 11 is 0. The van der Waals surface area contributed by atoms with E-state index >= 15 is 0 Å². The first-order valence-electron chi connectivity index (χ1n) is 8.76. The summed E-state index contributed by atoms with van der Waals surface area (Å²) in [7, 11) is 0. The molecule has 142 valence electrons. The molecule has 5 nitrogen and oxygen atoms in total. The van der Waals surface area contributed by atoms with E-state index in [-0.39, 0.29) is 0 Å². The van der Waals surface area contributed by atoms with Gasteiger partial charge in [0.05, 0.1) is 6.61 Å². The van der Waals surface area contributed by atoms with Crippen LogP contribution in [0.1, 0.15) is 18.1 Å². The second-order valence-corrected chi connectivity index (χ2v) is 5.61. The summed E-state index contributed by atoms with van der Waals surface area (Å²) < 4.78 is 17.2. The van der Waals surface area contributed by atoms with Crippen molar-refractivity contribution in [1.82, 2.24) is 0 Å². The summed E-state index contributed by atoms with van der Waals surface area (Å²) in [5.74, 6) is 0.978. The van der Waals surface area contributed by atoms with E-state index in [1.54, 1.807) is 18.2 Å². The van der Waals surface area contributed by atoms with Gasteiger partial charge in [-0.25, -0.2) is 4.79 Å². The van der Waals surface area contributed by atoms with E-state index < -0.39 is 5.97 Å². The molecule has 0 radical (unpaired) electrons. The lowest BCUT2D eigenvalue weighted by Crippen LogP contribution is -2.10. The Morgan fingerprint density at radius 1 is 1.04 bits per heavy atom. The molecule has 2 aromatic carbocycles. The molecule has 0 bridgehead atoms. The molecule has 0 spiro atoms. The molecule has 27 heavy (non-hydrogen) atoms. The predicted molar refractivity (Wildman–Crippen MR) is 106 cm³/mol. The van der Waals surface area contributed by atoms with Crippen LogP contribution in [0.2, 0.25) is 0 Å². The number of rotatable bonds is 11. The fourth-order valence-corrected chi connectivity index (χ4v) is 2.46. The zero-order chi connectivity index (χ0) is 19.5. The van der Waals surface area contributed by atoms with Crippen LogP contribution < -0.4 is 14.2 Å². The van der Waals surface area contributed by atoms with Crippen LogP contribution in [0.25, 0.3) is 6.08 Å². The van der Waals surface area contributed by atoms with Crippen molar-refractivity contribution in [2.24, 2.45) is 0 Å². The van der Waals surface area contributed by atoms with E-state index in [4.69, 9.17) is 19.3 Å². The van der Waals surface area contributed by atoms with E-state index in [0.717, 1.165) is 29.4 Å². The van der Waals surface area contributed by atoms with E-state index in [1.807, 2.05) is 37.3 Å². The first-order chi connectivity index (χ1) is 13.1. The molecule has 5 heteroatoms. The monoisotopic (exact) mass is 368 g/mol. The summed E-state index contributed by atoms with van der Waals surface area (Å²) in [6.45, 7) is 6.86. The highest BCUT2D eigenvalue weighted by molar-refractivity contribution is 5.85. The normalized spacial score (nSPS) is 10.6. The van der Waals surface area contributed by atoms with Gasteiger partial charge in [0.2, 0.25) is 0 Å². The van der Waals surface area contributed by atoms with Crippen LogP contribution in [0, 0.1) is 0 Å². The molecular formula is C22H24O5. The molecule has 0 aliphatic carbocycles. The van der Waals surface area contributed by atoms with Crippen molar-refractivity contribution in [1.29, 1.82) is 0 Å². The highest BCUT2D eigenvalue weighted by Crippen LogP contribution is 2.29. The van der Waals surface area contributed by atoms with Crippen LogP contribution in [0.5, 0.6) is 17.2 Å². The fraction of sp³-hybridized carbons (Fsp3) is 0.227. The quantitative estimate of drug-likeness (QED) is 0.362. The summed E-state index contributed by atoms with van der Waals surface area (Å²) in [5.41, 5.74) is 1.81. The molecule has 0 aliphatic heterocycles. The van der Waals surface area contributed by atoms with Crippen molar-refractivity contribution in [2.45, 2.75) is 13.3 Å². The lowest BCUT2D eigenvalue weighted by atomic mass is 10.1. The van der Waals surface area contributed by atoms with Crippen molar-refractivity contribution in [2.75, 3.05) is 19.8 Å². The SMILES string of the molecule is C=CCc1ccccc1OCCOc1ccc(C=CC(=O)O)cc1OCC. The molecule has 0 heterocycles. The van der Waals surface area contributed by atoms with Gasteiger partial charge in [-0.3, -0.25) is 0 Å². The Morgan fingerprint density at radius 3 is 2.48 bits per heavy atom. The molecule has 0 unspecified atom stereocenters. The van der Waals surface area contributed by atoms with E-state index in [0.29, 0.717) is 31.3 Å². The van der Waals surface area contributed by atoms with Gasteiger partial charge in [-0.2, -0.15) is 0 Å². The summed E-state index contributed by atoms with van der Waals surface area (Å²) in [5, 5.41) is 8.73. The van der Waals surface area contributed by atoms with Gasteiger partial charge in [-0.1, -0.05) is 30.3 Å². The van der Waals surface area contributed by atoms with E-state index in [1.165, 1.54) is 6.08 Å². The lowest BCUT2D eigenvalue weighted by Gasteiger charge is -2.14. The molecule has 2 aromatic rings. The molecule has 0 aromatic heterocycles. The van der Waals surface area contributed by atoms with E-state index in [2.05, 4.69) is 6.58 Å². The van der Waals surface area contributed by atoms with Gasteiger partial charge in [-0.05, 0) is 48.7 Å². The molecule has 0 amide bonds. The molecule has 2 rings (SSSR count). The summed E-state index contributed by atoms with van der Waals surface area (Å²) in [6, 6.07) is 13.1. The van der Waals surface area contributed by atoms with E-state index in [9.17, 15) is 4.79 Å². The van der Waals surface area contributed by atoms with Crippen LogP contribution in [0.3, 0.4) is 0 Å². The molecule has 0 atom stereocenters. The Bertz CT molecular complexity index is 795. The Kier molecular flexibility index (Phi) is 7.97. The van der Waals surface area contributed by atoms with Gasteiger partial charge in [-0.15, -0.1) is 6.58 Å². The van der Waals surface area contributed by atoms with Gasteiger partial charge in [0.25, 0.3) is 0 Å². The summed E-state index contributed by atoms with van der Waals surface area (Å²) in [4.78, 5) is 10.6. The number of carboxylic acid groups (broad SMARTS) is 1. The van der Waals surface area contributed by atoms with Crippen LogP contribution in [-0.2, 0) is 11.2 Å². The first-order valence-corrected chi connectivity index (χ1v) is 8.76. The van der Waals surface area contributed by atoms with Crippen LogP contribution in [0.4, 0.5) is 0 Å². The van der Waals surface area contributed by atoms with Crippen LogP contribution in [0.15, 0.2) is 61.2 Å². The van der Waals surface area contributed by atoms with Crippen molar-refractivity contribution in [3.63, 3.8) is 0 Å². The highest BCUT2D eigenvalue weighted by Gasteiger charge is 2.07. The van der Waals surface area contributed by atoms with Crippen LogP contribution in [-0.4, -0.2) is 30.9 Å². The number of carbonyl (C=O) groups is 1. The second kappa shape index (κ2) is 10.7. The molecule has 1 N–H and O–H groups in total. The Balaban J connectivity index is 1.96. The number of para-hydroxylation sites is 1. The van der Waals surface area contributed by atoms with Crippen molar-refractivity contribution >= 4 is 12.0 Å². The summed E-state index contributed by atoms with van der Waals surface area (Å²) in [6.07, 6.45) is 5.18. The number of hydrogen-bond acceptors (Lipinski definition) is 4. The number of benzene rings is 2. The van der Waals surface area contributed by atoms with Gasteiger partial charge < -0.3 is 19.3 Å². The van der Waals surface area contributed by atoms with Crippen molar-refractivity contribution < 1.29 is 24.1 Å². The molecular weight excluding hydrogens is 344 g/mol. The lowest BCUT2D eigenvalue weighted by molar-refractivity contribution is -0.131. The highest BCUT2D eigenvalue weighted by atomic mass is 16.5. The smallest absolute Gasteiger partial charge is 0.328 e. The molecule has 0 saturated heterocycles. The third-order valence-corrected chi connectivity index (χ3v) is 3.62. The predicted octanol–water partition coefficient (Wildman–Crippen LogP) is 4.37. The Hall–Kier alpha value is -3.21. The second-order valence-electron chi connectivity index (χ2n) is 5.61. The van der Waals surface area contributed by atoms with Crippen LogP contribution >= 0.6 is 0 Å². The first kappa shape index (κ1) is 20.1. The molecule has 0 saturated carbocycles. The van der Waals surface area contributed by atoms with Gasteiger partial charge in [0, 0.05) is 6.08 Å². The average Bonchev–Trinajstić information content (AvgIpc) is 2.66. The van der Waals surface area contributed by atoms with Gasteiger partial charge in [0.1, 0.15) is 19.0 Å². The van der Waals surface area contributed by atoms with Crippen molar-refractivity contribution in [3.8, 4) is 17.2 Å². The third kappa shape index (κ3) is 6.55. The topological polar surface area (TPSA) is 65.0 Å². The average molecular weight is 368 g/mol. The Labute approximate surface area is 159 Å². The fourth-order valence-electron chi connectivity index (χ4n) is 2.46. The number of ether oxygens (including phenoxy) is 3. The zero-order valence-electron chi connectivity index (χ0n) is 15.4.